The van der Waals surface area contributed by atoms with Gasteiger partial charge in [0.25, 0.3) is 0 Å². The number of halogens is 1. The van der Waals surface area contributed by atoms with E-state index < -0.39 is 0 Å². The normalized spacial score (nSPS) is 24.1. The monoisotopic (exact) mass is 264 g/mol. The van der Waals surface area contributed by atoms with Gasteiger partial charge in [-0.1, -0.05) is 29.8 Å². The average molecular weight is 265 g/mol. The smallest absolute Gasteiger partial charge is 0.0574 e. The van der Waals surface area contributed by atoms with Crippen molar-refractivity contribution in [2.45, 2.75) is 18.5 Å². The number of benzene rings is 1. The summed E-state index contributed by atoms with van der Waals surface area (Å²) in [6, 6.07) is 13.1. The first-order chi connectivity index (χ1) is 8.33. The third-order valence-corrected chi connectivity index (χ3v) is 4.30. The molecule has 17 heavy (non-hydrogen) atoms. The summed E-state index contributed by atoms with van der Waals surface area (Å²) in [7, 11) is 0. The van der Waals surface area contributed by atoms with Gasteiger partial charge in [-0.25, -0.2) is 10.9 Å². The first-order valence-corrected chi connectivity index (χ1v) is 6.88. The molecule has 0 saturated carbocycles. The lowest BCUT2D eigenvalue weighted by Gasteiger charge is -2.09. The zero-order valence-electron chi connectivity index (χ0n) is 9.19. The maximum atomic E-state index is 5.89. The highest BCUT2D eigenvalue weighted by Gasteiger charge is 2.26. The first kappa shape index (κ1) is 11.2. The van der Waals surface area contributed by atoms with Crippen LogP contribution in [0.4, 0.5) is 0 Å². The second kappa shape index (κ2) is 4.78. The van der Waals surface area contributed by atoms with E-state index >= 15 is 0 Å². The van der Waals surface area contributed by atoms with Crippen LogP contribution >= 0.6 is 22.9 Å². The standard InChI is InChI=1S/C13H13ClN2S/c14-10-5-3-9(4-6-10)11-8-12(16-15-11)13-2-1-7-17-13/h1-7,11-12,15-16H,8H2. The summed E-state index contributed by atoms with van der Waals surface area (Å²) in [5.41, 5.74) is 7.97. The lowest BCUT2D eigenvalue weighted by atomic mass is 10.0. The zero-order valence-corrected chi connectivity index (χ0v) is 10.8. The van der Waals surface area contributed by atoms with E-state index in [4.69, 9.17) is 11.6 Å². The Kier molecular flexibility index (Phi) is 3.16. The molecule has 0 bridgehead atoms. The molecule has 1 aliphatic heterocycles. The van der Waals surface area contributed by atoms with E-state index in [-0.39, 0.29) is 0 Å². The maximum absolute atomic E-state index is 5.89. The first-order valence-electron chi connectivity index (χ1n) is 5.63. The summed E-state index contributed by atoms with van der Waals surface area (Å²) in [6.07, 6.45) is 1.07. The van der Waals surface area contributed by atoms with Gasteiger partial charge in [-0.3, -0.25) is 0 Å². The number of hydrogen-bond donors (Lipinski definition) is 2. The maximum Gasteiger partial charge on any atom is 0.0574 e. The molecular weight excluding hydrogens is 252 g/mol. The molecule has 2 aromatic rings. The van der Waals surface area contributed by atoms with Crippen molar-refractivity contribution < 1.29 is 0 Å². The van der Waals surface area contributed by atoms with Gasteiger partial charge in [0.2, 0.25) is 0 Å². The Morgan fingerprint density at radius 1 is 1.06 bits per heavy atom. The Balaban J connectivity index is 1.74. The molecule has 1 fully saturated rings. The van der Waals surface area contributed by atoms with E-state index in [0.717, 1.165) is 11.4 Å². The van der Waals surface area contributed by atoms with Gasteiger partial charge in [-0.05, 0) is 35.6 Å². The molecule has 2 heterocycles. The van der Waals surface area contributed by atoms with Gasteiger partial charge < -0.3 is 0 Å². The van der Waals surface area contributed by atoms with Crippen LogP contribution in [-0.4, -0.2) is 0 Å². The Morgan fingerprint density at radius 3 is 2.53 bits per heavy atom. The molecular formula is C13H13ClN2S. The minimum Gasteiger partial charge on any atom is -0.250 e. The number of hydrazine groups is 1. The van der Waals surface area contributed by atoms with Crippen LogP contribution < -0.4 is 10.9 Å². The lowest BCUT2D eigenvalue weighted by Crippen LogP contribution is -2.26. The van der Waals surface area contributed by atoms with Crippen LogP contribution in [0.15, 0.2) is 41.8 Å². The van der Waals surface area contributed by atoms with Crippen LogP contribution in [0.2, 0.25) is 5.02 Å². The molecule has 2 unspecified atom stereocenters. The molecule has 1 aromatic heterocycles. The summed E-state index contributed by atoms with van der Waals surface area (Å²) in [4.78, 5) is 1.38. The molecule has 1 aliphatic rings. The van der Waals surface area contributed by atoms with E-state index in [0.29, 0.717) is 12.1 Å². The summed E-state index contributed by atoms with van der Waals surface area (Å²) in [5, 5.41) is 2.90. The van der Waals surface area contributed by atoms with Crippen molar-refractivity contribution in [2.24, 2.45) is 0 Å². The molecule has 1 saturated heterocycles. The van der Waals surface area contributed by atoms with E-state index in [2.05, 4.69) is 40.5 Å². The van der Waals surface area contributed by atoms with Crippen molar-refractivity contribution >= 4 is 22.9 Å². The van der Waals surface area contributed by atoms with Crippen LogP contribution in [0.5, 0.6) is 0 Å². The van der Waals surface area contributed by atoms with Crippen molar-refractivity contribution in [3.05, 3.63) is 57.2 Å². The van der Waals surface area contributed by atoms with Crippen molar-refractivity contribution in [3.63, 3.8) is 0 Å². The molecule has 0 amide bonds. The van der Waals surface area contributed by atoms with Crippen LogP contribution in [0.3, 0.4) is 0 Å². The largest absolute Gasteiger partial charge is 0.250 e. The molecule has 2 atom stereocenters. The Bertz CT molecular complexity index is 481. The lowest BCUT2D eigenvalue weighted by molar-refractivity contribution is 0.558. The quantitative estimate of drug-likeness (QED) is 0.865. The second-order valence-electron chi connectivity index (χ2n) is 4.20. The van der Waals surface area contributed by atoms with E-state index in [1.54, 1.807) is 11.3 Å². The molecule has 1 aromatic carbocycles. The van der Waals surface area contributed by atoms with Crippen molar-refractivity contribution in [1.82, 2.24) is 10.9 Å². The Morgan fingerprint density at radius 2 is 1.82 bits per heavy atom. The van der Waals surface area contributed by atoms with Gasteiger partial charge in [-0.15, -0.1) is 11.3 Å². The fourth-order valence-corrected chi connectivity index (χ4v) is 3.06. The molecule has 3 rings (SSSR count). The van der Waals surface area contributed by atoms with Gasteiger partial charge in [0.1, 0.15) is 0 Å². The minimum absolute atomic E-state index is 0.361. The number of thiophene rings is 1. The second-order valence-corrected chi connectivity index (χ2v) is 5.61. The van der Waals surface area contributed by atoms with Crippen molar-refractivity contribution in [3.8, 4) is 0 Å². The summed E-state index contributed by atoms with van der Waals surface area (Å²) < 4.78 is 0. The van der Waals surface area contributed by atoms with E-state index in [1.165, 1.54) is 10.4 Å². The summed E-state index contributed by atoms with van der Waals surface area (Å²) >= 11 is 7.69. The number of nitrogens with one attached hydrogen (secondary N) is 2. The van der Waals surface area contributed by atoms with E-state index in [9.17, 15) is 0 Å². The molecule has 0 radical (unpaired) electrons. The molecule has 0 aliphatic carbocycles. The van der Waals surface area contributed by atoms with E-state index in [1.807, 2.05) is 12.1 Å². The highest BCUT2D eigenvalue weighted by Crippen LogP contribution is 2.32. The van der Waals surface area contributed by atoms with Gasteiger partial charge in [-0.2, -0.15) is 0 Å². The van der Waals surface area contributed by atoms with Crippen molar-refractivity contribution in [2.75, 3.05) is 0 Å². The molecule has 4 heteroatoms. The third-order valence-electron chi connectivity index (χ3n) is 3.06. The average Bonchev–Trinajstić information content (AvgIpc) is 3.00. The van der Waals surface area contributed by atoms with Gasteiger partial charge in [0, 0.05) is 15.9 Å². The fraction of sp³-hybridized carbons (Fsp3) is 0.231. The van der Waals surface area contributed by atoms with Crippen LogP contribution in [0.1, 0.15) is 28.9 Å². The van der Waals surface area contributed by atoms with Gasteiger partial charge >= 0.3 is 0 Å². The molecule has 0 spiro atoms. The van der Waals surface area contributed by atoms with Crippen LogP contribution in [-0.2, 0) is 0 Å². The number of hydrogen-bond acceptors (Lipinski definition) is 3. The van der Waals surface area contributed by atoms with Gasteiger partial charge in [0.05, 0.1) is 6.04 Å². The fourth-order valence-electron chi connectivity index (χ4n) is 2.15. The summed E-state index contributed by atoms with van der Waals surface area (Å²) in [5.74, 6) is 0. The van der Waals surface area contributed by atoms with Gasteiger partial charge in [0.15, 0.2) is 0 Å². The Labute approximate surface area is 110 Å². The summed E-state index contributed by atoms with van der Waals surface area (Å²) in [6.45, 7) is 0. The molecule has 2 nitrogen and oxygen atoms in total. The minimum atomic E-state index is 0.361. The topological polar surface area (TPSA) is 24.1 Å². The highest BCUT2D eigenvalue weighted by atomic mass is 35.5. The van der Waals surface area contributed by atoms with Crippen LogP contribution in [0, 0.1) is 0 Å². The molecule has 88 valence electrons. The zero-order chi connectivity index (χ0) is 11.7. The third kappa shape index (κ3) is 2.38. The Hall–Kier alpha value is -0.870. The highest BCUT2D eigenvalue weighted by molar-refractivity contribution is 7.10. The number of rotatable bonds is 2. The predicted molar refractivity (Wildman–Crippen MR) is 72.1 cm³/mol. The SMILES string of the molecule is Clc1ccc(C2CC(c3cccs3)NN2)cc1. The van der Waals surface area contributed by atoms with Crippen LogP contribution in [0.25, 0.3) is 0 Å². The molecule has 2 N–H and O–H groups in total. The van der Waals surface area contributed by atoms with Crippen molar-refractivity contribution in [1.29, 1.82) is 0 Å². The predicted octanol–water partition coefficient (Wildman–Crippen LogP) is 3.68.